The highest BCUT2D eigenvalue weighted by Crippen LogP contribution is 2.22. The van der Waals surface area contributed by atoms with Gasteiger partial charge in [-0.3, -0.25) is 0 Å². The van der Waals surface area contributed by atoms with Gasteiger partial charge in [0.2, 0.25) is 0 Å². The van der Waals surface area contributed by atoms with Crippen LogP contribution in [0.15, 0.2) is 24.3 Å². The van der Waals surface area contributed by atoms with E-state index >= 15 is 0 Å². The summed E-state index contributed by atoms with van der Waals surface area (Å²) >= 11 is 0. The van der Waals surface area contributed by atoms with E-state index in [1.807, 2.05) is 0 Å². The Morgan fingerprint density at radius 1 is 0.950 bits per heavy atom. The van der Waals surface area contributed by atoms with Crippen LogP contribution in [-0.2, 0) is 0 Å². The Morgan fingerprint density at radius 3 is 2.20 bits per heavy atom. The second kappa shape index (κ2) is 8.89. The maximum atomic E-state index is 5.95. The van der Waals surface area contributed by atoms with Gasteiger partial charge in [-0.1, -0.05) is 39.5 Å². The van der Waals surface area contributed by atoms with Crippen molar-refractivity contribution in [2.75, 3.05) is 11.9 Å². The first kappa shape index (κ1) is 16.9. The molecule has 0 atom stereocenters. The van der Waals surface area contributed by atoms with Crippen molar-refractivity contribution in [1.82, 2.24) is 0 Å². The van der Waals surface area contributed by atoms with E-state index in [1.54, 1.807) is 0 Å². The van der Waals surface area contributed by atoms with Crippen molar-refractivity contribution in [3.63, 3.8) is 0 Å². The van der Waals surface area contributed by atoms with E-state index in [0.717, 1.165) is 18.7 Å². The Kier molecular flexibility index (Phi) is 7.50. The molecule has 0 aliphatic heterocycles. The lowest BCUT2D eigenvalue weighted by Gasteiger charge is -2.25. The maximum absolute atomic E-state index is 5.95. The molecule has 0 aliphatic rings. The lowest BCUT2D eigenvalue weighted by molar-refractivity contribution is 0.105. The number of nitrogens with one attached hydrogen (secondary N) is 1. The summed E-state index contributed by atoms with van der Waals surface area (Å²) in [4.78, 5) is 0. The Bertz CT molecular complexity index is 356. The summed E-state index contributed by atoms with van der Waals surface area (Å²) < 4.78 is 5.95. The van der Waals surface area contributed by atoms with Crippen LogP contribution in [0, 0.1) is 0 Å². The molecule has 0 radical (unpaired) electrons. The van der Waals surface area contributed by atoms with Crippen LogP contribution in [0.25, 0.3) is 0 Å². The molecule has 0 heterocycles. The average Bonchev–Trinajstić information content (AvgIpc) is 2.44. The monoisotopic (exact) mass is 277 g/mol. The third-order valence-corrected chi connectivity index (χ3v) is 3.71. The third-order valence-electron chi connectivity index (χ3n) is 3.71. The summed E-state index contributed by atoms with van der Waals surface area (Å²) in [6, 6.07) is 8.31. The molecule has 1 N–H and O–H groups in total. The van der Waals surface area contributed by atoms with E-state index in [9.17, 15) is 0 Å². The predicted octanol–water partition coefficient (Wildman–Crippen LogP) is 5.64. The van der Waals surface area contributed by atoms with Crippen LogP contribution in [0.1, 0.15) is 66.2 Å². The smallest absolute Gasteiger partial charge is 0.120 e. The molecule has 0 fully saturated rings. The van der Waals surface area contributed by atoms with Crippen molar-refractivity contribution in [2.45, 2.75) is 71.8 Å². The van der Waals surface area contributed by atoms with E-state index in [1.165, 1.54) is 37.8 Å². The molecule has 0 aliphatic carbocycles. The first-order chi connectivity index (χ1) is 9.57. The first-order valence-electron chi connectivity index (χ1n) is 8.10. The summed E-state index contributed by atoms with van der Waals surface area (Å²) in [7, 11) is 0. The summed E-state index contributed by atoms with van der Waals surface area (Å²) in [5.74, 6) is 0.949. The molecule has 114 valence electrons. The largest absolute Gasteiger partial charge is 0.488 e. The molecule has 1 rings (SSSR count). The van der Waals surface area contributed by atoms with E-state index in [4.69, 9.17) is 4.74 Å². The second-order valence-corrected chi connectivity index (χ2v) is 6.08. The number of hydrogen-bond acceptors (Lipinski definition) is 2. The van der Waals surface area contributed by atoms with Crippen molar-refractivity contribution in [2.24, 2.45) is 0 Å². The SMILES string of the molecule is CCCCCCCNc1ccc(OC(C)(C)CC)cc1. The minimum atomic E-state index is -0.0891. The molecule has 20 heavy (non-hydrogen) atoms. The molecule has 0 spiro atoms. The van der Waals surface area contributed by atoms with Gasteiger partial charge in [-0.15, -0.1) is 0 Å². The number of rotatable bonds is 10. The Hall–Kier alpha value is -1.18. The van der Waals surface area contributed by atoms with Crippen molar-refractivity contribution in [1.29, 1.82) is 0 Å². The highest BCUT2D eigenvalue weighted by atomic mass is 16.5. The highest BCUT2D eigenvalue weighted by Gasteiger charge is 2.16. The van der Waals surface area contributed by atoms with Crippen molar-refractivity contribution in [3.05, 3.63) is 24.3 Å². The van der Waals surface area contributed by atoms with Gasteiger partial charge in [0.15, 0.2) is 0 Å². The molecule has 2 nitrogen and oxygen atoms in total. The van der Waals surface area contributed by atoms with Gasteiger partial charge in [-0.2, -0.15) is 0 Å². The third kappa shape index (κ3) is 6.83. The minimum Gasteiger partial charge on any atom is -0.488 e. The van der Waals surface area contributed by atoms with Gasteiger partial charge in [0.25, 0.3) is 0 Å². The fourth-order valence-electron chi connectivity index (χ4n) is 1.99. The van der Waals surface area contributed by atoms with Gasteiger partial charge in [-0.25, -0.2) is 0 Å². The second-order valence-electron chi connectivity index (χ2n) is 6.08. The average molecular weight is 277 g/mol. The summed E-state index contributed by atoms with van der Waals surface area (Å²) in [5.41, 5.74) is 1.09. The lowest BCUT2D eigenvalue weighted by Crippen LogP contribution is -2.26. The Labute approximate surface area is 124 Å². The lowest BCUT2D eigenvalue weighted by atomic mass is 10.1. The standard InChI is InChI=1S/C18H31NO/c1-5-7-8-9-10-15-19-16-11-13-17(14-12-16)20-18(3,4)6-2/h11-14,19H,5-10,15H2,1-4H3. The van der Waals surface area contributed by atoms with Crippen LogP contribution in [0.4, 0.5) is 5.69 Å². The molecule has 0 saturated carbocycles. The number of ether oxygens (including phenoxy) is 1. The normalized spacial score (nSPS) is 11.4. The fourth-order valence-corrected chi connectivity index (χ4v) is 1.99. The van der Waals surface area contributed by atoms with Crippen LogP contribution in [0.2, 0.25) is 0 Å². The van der Waals surface area contributed by atoms with E-state index in [-0.39, 0.29) is 5.60 Å². The molecule has 1 aromatic carbocycles. The number of benzene rings is 1. The molecule has 2 heteroatoms. The predicted molar refractivity (Wildman–Crippen MR) is 88.7 cm³/mol. The van der Waals surface area contributed by atoms with E-state index in [0.29, 0.717) is 0 Å². The summed E-state index contributed by atoms with van der Waals surface area (Å²) in [6.07, 6.45) is 7.61. The van der Waals surface area contributed by atoms with Crippen LogP contribution in [0.5, 0.6) is 5.75 Å². The first-order valence-corrected chi connectivity index (χ1v) is 8.10. The maximum Gasteiger partial charge on any atom is 0.120 e. The number of anilines is 1. The molecule has 1 aromatic rings. The minimum absolute atomic E-state index is 0.0891. The van der Waals surface area contributed by atoms with Crippen molar-refractivity contribution < 1.29 is 4.74 Å². The number of hydrogen-bond donors (Lipinski definition) is 1. The van der Waals surface area contributed by atoms with Crippen LogP contribution >= 0.6 is 0 Å². The zero-order valence-electron chi connectivity index (χ0n) is 13.7. The zero-order chi connectivity index (χ0) is 14.8. The summed E-state index contributed by atoms with van der Waals surface area (Å²) in [5, 5.41) is 3.47. The Morgan fingerprint density at radius 2 is 1.60 bits per heavy atom. The summed E-state index contributed by atoms with van der Waals surface area (Å²) in [6.45, 7) is 9.70. The van der Waals surface area contributed by atoms with Crippen LogP contribution in [-0.4, -0.2) is 12.1 Å². The van der Waals surface area contributed by atoms with Gasteiger partial charge < -0.3 is 10.1 Å². The van der Waals surface area contributed by atoms with Gasteiger partial charge in [0.1, 0.15) is 11.4 Å². The quantitative estimate of drug-likeness (QED) is 0.559. The molecule has 0 amide bonds. The molecule has 0 bridgehead atoms. The van der Waals surface area contributed by atoms with E-state index < -0.39 is 0 Å². The van der Waals surface area contributed by atoms with Gasteiger partial charge in [0, 0.05) is 12.2 Å². The zero-order valence-corrected chi connectivity index (χ0v) is 13.7. The number of unbranched alkanes of at least 4 members (excludes halogenated alkanes) is 4. The van der Waals surface area contributed by atoms with Gasteiger partial charge >= 0.3 is 0 Å². The molecule has 0 aromatic heterocycles. The van der Waals surface area contributed by atoms with Crippen LogP contribution < -0.4 is 10.1 Å². The van der Waals surface area contributed by atoms with Gasteiger partial charge in [0.05, 0.1) is 0 Å². The molecular weight excluding hydrogens is 246 g/mol. The Balaban J connectivity index is 2.28. The fraction of sp³-hybridized carbons (Fsp3) is 0.667. The van der Waals surface area contributed by atoms with E-state index in [2.05, 4.69) is 57.3 Å². The van der Waals surface area contributed by atoms with Crippen molar-refractivity contribution >= 4 is 5.69 Å². The van der Waals surface area contributed by atoms with Crippen molar-refractivity contribution in [3.8, 4) is 5.75 Å². The molecule has 0 saturated heterocycles. The van der Waals surface area contributed by atoms with Gasteiger partial charge in [-0.05, 0) is 51.0 Å². The topological polar surface area (TPSA) is 21.3 Å². The highest BCUT2D eigenvalue weighted by molar-refractivity contribution is 5.46. The molecular formula is C18H31NO. The molecule has 0 unspecified atom stereocenters. The van der Waals surface area contributed by atoms with Crippen LogP contribution in [0.3, 0.4) is 0 Å².